The van der Waals surface area contributed by atoms with Crippen LogP contribution in [0.5, 0.6) is 0 Å². The first kappa shape index (κ1) is 25.4. The van der Waals surface area contributed by atoms with Gasteiger partial charge in [0, 0.05) is 25.5 Å². The van der Waals surface area contributed by atoms with E-state index in [4.69, 9.17) is 4.99 Å². The fraction of sp³-hybridized carbons (Fsp3) is 0.545. The molecular formula is C22H36IN5O. The maximum Gasteiger partial charge on any atom is 0.191 e. The molecule has 1 aromatic carbocycles. The van der Waals surface area contributed by atoms with Crippen LogP contribution in [0.25, 0.3) is 0 Å². The maximum absolute atomic E-state index is 10.8. The lowest BCUT2D eigenvalue weighted by molar-refractivity contribution is 0.0257. The summed E-state index contributed by atoms with van der Waals surface area (Å²) < 4.78 is 1.92. The van der Waals surface area contributed by atoms with Gasteiger partial charge in [0.05, 0.1) is 18.7 Å². The molecule has 0 aliphatic carbocycles. The summed E-state index contributed by atoms with van der Waals surface area (Å²) in [6.07, 6.45) is 7.27. The molecule has 0 fully saturated rings. The van der Waals surface area contributed by atoms with Crippen molar-refractivity contribution in [3.63, 3.8) is 0 Å². The molecule has 0 aliphatic heterocycles. The SMILES string of the molecule is CCCC(O)(CCC)CNC(=NCc1ccccc1Cn1cccn1)NCC.I. The standard InChI is InChI=1S/C22H35N5O.HI/c1-4-12-22(28,13-5-2)18-25-21(23-6-3)24-16-19-10-7-8-11-20(19)17-27-15-9-14-26-27;/h7-11,14-15,28H,4-6,12-13,16-18H2,1-3H3,(H2,23,24,25);1H. The van der Waals surface area contributed by atoms with Gasteiger partial charge >= 0.3 is 0 Å². The van der Waals surface area contributed by atoms with Gasteiger partial charge in [0.2, 0.25) is 0 Å². The van der Waals surface area contributed by atoms with E-state index in [0.29, 0.717) is 13.1 Å². The number of guanidine groups is 1. The van der Waals surface area contributed by atoms with E-state index in [1.165, 1.54) is 11.1 Å². The molecule has 0 saturated carbocycles. The van der Waals surface area contributed by atoms with Crippen molar-refractivity contribution in [2.45, 2.75) is 65.1 Å². The van der Waals surface area contributed by atoms with E-state index in [9.17, 15) is 5.11 Å². The van der Waals surface area contributed by atoms with Crippen molar-refractivity contribution in [3.8, 4) is 0 Å². The zero-order valence-corrected chi connectivity index (χ0v) is 20.2. The summed E-state index contributed by atoms with van der Waals surface area (Å²) >= 11 is 0. The molecule has 0 atom stereocenters. The molecule has 6 nitrogen and oxygen atoms in total. The van der Waals surface area contributed by atoms with E-state index >= 15 is 0 Å². The summed E-state index contributed by atoms with van der Waals surface area (Å²) in [5, 5.41) is 21.8. The van der Waals surface area contributed by atoms with Gasteiger partial charge in [-0.05, 0) is 37.0 Å². The molecule has 0 unspecified atom stereocenters. The minimum Gasteiger partial charge on any atom is -0.388 e. The van der Waals surface area contributed by atoms with Crippen LogP contribution in [0.2, 0.25) is 0 Å². The monoisotopic (exact) mass is 513 g/mol. The van der Waals surface area contributed by atoms with Crippen LogP contribution in [0, 0.1) is 0 Å². The van der Waals surface area contributed by atoms with Crippen LogP contribution in [0.4, 0.5) is 0 Å². The van der Waals surface area contributed by atoms with Crippen molar-refractivity contribution < 1.29 is 5.11 Å². The molecule has 2 rings (SSSR count). The zero-order valence-electron chi connectivity index (χ0n) is 17.9. The summed E-state index contributed by atoms with van der Waals surface area (Å²) in [4.78, 5) is 4.75. The molecule has 7 heteroatoms. The minimum absolute atomic E-state index is 0. The Balaban J connectivity index is 0.00000420. The van der Waals surface area contributed by atoms with Gasteiger partial charge in [-0.1, -0.05) is 51.0 Å². The smallest absolute Gasteiger partial charge is 0.191 e. The average Bonchev–Trinajstić information content (AvgIpc) is 3.19. The second-order valence-electron chi connectivity index (χ2n) is 7.25. The van der Waals surface area contributed by atoms with E-state index in [1.54, 1.807) is 6.20 Å². The Labute approximate surface area is 192 Å². The molecule has 0 spiro atoms. The predicted octanol–water partition coefficient (Wildman–Crippen LogP) is 3.94. The van der Waals surface area contributed by atoms with E-state index in [-0.39, 0.29) is 24.0 Å². The average molecular weight is 513 g/mol. The Hall–Kier alpha value is -1.61. The van der Waals surface area contributed by atoms with Gasteiger partial charge in [-0.15, -0.1) is 24.0 Å². The van der Waals surface area contributed by atoms with Crippen molar-refractivity contribution in [2.75, 3.05) is 13.1 Å². The van der Waals surface area contributed by atoms with E-state index < -0.39 is 5.60 Å². The van der Waals surface area contributed by atoms with Crippen LogP contribution < -0.4 is 10.6 Å². The van der Waals surface area contributed by atoms with E-state index in [2.05, 4.69) is 41.7 Å². The molecule has 0 saturated heterocycles. The van der Waals surface area contributed by atoms with Crippen molar-refractivity contribution in [2.24, 2.45) is 4.99 Å². The number of halogens is 1. The van der Waals surface area contributed by atoms with Gasteiger partial charge < -0.3 is 15.7 Å². The van der Waals surface area contributed by atoms with Gasteiger partial charge in [0.15, 0.2) is 5.96 Å². The van der Waals surface area contributed by atoms with Crippen molar-refractivity contribution >= 4 is 29.9 Å². The number of hydrogen-bond acceptors (Lipinski definition) is 3. The molecule has 162 valence electrons. The third-order valence-corrected chi connectivity index (χ3v) is 4.78. The minimum atomic E-state index is -0.683. The fourth-order valence-corrected chi connectivity index (χ4v) is 3.42. The van der Waals surface area contributed by atoms with Crippen LogP contribution in [-0.2, 0) is 13.1 Å². The third-order valence-electron chi connectivity index (χ3n) is 4.78. The largest absolute Gasteiger partial charge is 0.388 e. The Kier molecular flexibility index (Phi) is 11.9. The number of nitrogens with one attached hydrogen (secondary N) is 2. The van der Waals surface area contributed by atoms with Gasteiger partial charge in [0.1, 0.15) is 0 Å². The predicted molar refractivity (Wildman–Crippen MR) is 131 cm³/mol. The molecule has 3 N–H and O–H groups in total. The van der Waals surface area contributed by atoms with Crippen molar-refractivity contribution in [1.29, 1.82) is 0 Å². The molecule has 2 aromatic rings. The molecule has 29 heavy (non-hydrogen) atoms. The zero-order chi connectivity index (χ0) is 20.2. The number of hydrogen-bond donors (Lipinski definition) is 3. The Morgan fingerprint density at radius 1 is 1.07 bits per heavy atom. The molecule has 0 radical (unpaired) electrons. The first-order valence-electron chi connectivity index (χ1n) is 10.4. The highest BCUT2D eigenvalue weighted by Crippen LogP contribution is 2.18. The second kappa shape index (κ2) is 13.6. The van der Waals surface area contributed by atoms with E-state index in [0.717, 1.165) is 44.7 Å². The quantitative estimate of drug-likeness (QED) is 0.242. The lowest BCUT2D eigenvalue weighted by atomic mass is 9.93. The number of rotatable bonds is 11. The topological polar surface area (TPSA) is 74.5 Å². The van der Waals surface area contributed by atoms with Gasteiger partial charge in [0.25, 0.3) is 0 Å². The van der Waals surface area contributed by atoms with Crippen molar-refractivity contribution in [3.05, 3.63) is 53.9 Å². The van der Waals surface area contributed by atoms with Crippen LogP contribution in [0.1, 0.15) is 57.6 Å². The second-order valence-corrected chi connectivity index (χ2v) is 7.25. The summed E-state index contributed by atoms with van der Waals surface area (Å²) in [6.45, 7) is 8.86. The Bertz CT molecular complexity index is 712. The number of aliphatic hydroxyl groups is 1. The molecule has 0 aliphatic rings. The highest BCUT2D eigenvalue weighted by molar-refractivity contribution is 14.0. The third kappa shape index (κ3) is 8.74. The first-order chi connectivity index (χ1) is 13.6. The lowest BCUT2D eigenvalue weighted by Crippen LogP contribution is -2.47. The molecule has 1 aromatic heterocycles. The normalized spacial score (nSPS) is 11.8. The Morgan fingerprint density at radius 3 is 2.34 bits per heavy atom. The molecule has 0 bridgehead atoms. The summed E-state index contributed by atoms with van der Waals surface area (Å²) in [5.74, 6) is 0.738. The lowest BCUT2D eigenvalue weighted by Gasteiger charge is -2.28. The van der Waals surface area contributed by atoms with E-state index in [1.807, 2.05) is 36.0 Å². The number of aliphatic imine (C=N–C) groups is 1. The maximum atomic E-state index is 10.8. The molecule has 1 heterocycles. The number of aromatic nitrogens is 2. The Morgan fingerprint density at radius 2 is 1.76 bits per heavy atom. The van der Waals surface area contributed by atoms with Gasteiger partial charge in [-0.2, -0.15) is 5.10 Å². The highest BCUT2D eigenvalue weighted by atomic mass is 127. The first-order valence-corrected chi connectivity index (χ1v) is 10.4. The highest BCUT2D eigenvalue weighted by Gasteiger charge is 2.24. The number of nitrogens with zero attached hydrogens (tertiary/aromatic N) is 3. The van der Waals surface area contributed by atoms with Crippen molar-refractivity contribution in [1.82, 2.24) is 20.4 Å². The van der Waals surface area contributed by atoms with Gasteiger partial charge in [-0.3, -0.25) is 4.68 Å². The summed E-state index contributed by atoms with van der Waals surface area (Å²) in [6, 6.07) is 10.2. The van der Waals surface area contributed by atoms with Crippen LogP contribution in [0.3, 0.4) is 0 Å². The van der Waals surface area contributed by atoms with Crippen LogP contribution >= 0.6 is 24.0 Å². The van der Waals surface area contributed by atoms with Gasteiger partial charge in [-0.25, -0.2) is 4.99 Å². The summed E-state index contributed by atoms with van der Waals surface area (Å²) in [5.41, 5.74) is 1.70. The molecule has 0 amide bonds. The van der Waals surface area contributed by atoms with Crippen LogP contribution in [-0.4, -0.2) is 39.5 Å². The summed E-state index contributed by atoms with van der Waals surface area (Å²) in [7, 11) is 0. The van der Waals surface area contributed by atoms with Crippen LogP contribution in [0.15, 0.2) is 47.7 Å². The molecular weight excluding hydrogens is 477 g/mol. The fourth-order valence-electron chi connectivity index (χ4n) is 3.42. The number of benzene rings is 1.